The molecule has 0 bridgehead atoms. The van der Waals surface area contributed by atoms with Crippen LogP contribution < -0.4 is 5.32 Å². The highest BCUT2D eigenvalue weighted by Gasteiger charge is 2.20. The molecule has 0 unspecified atom stereocenters. The normalized spacial score (nSPS) is 10.9. The van der Waals surface area contributed by atoms with Gasteiger partial charge in [0.2, 0.25) is 5.82 Å². The molecule has 1 N–H and O–H groups in total. The van der Waals surface area contributed by atoms with Crippen molar-refractivity contribution in [3.63, 3.8) is 0 Å². The lowest BCUT2D eigenvalue weighted by Crippen LogP contribution is -2.16. The summed E-state index contributed by atoms with van der Waals surface area (Å²) in [5, 5.41) is 9.22. The second-order valence-corrected chi connectivity index (χ2v) is 7.80. The SMILES string of the molecule is Cc1cc(C)c(NC(=O)c2nc(-c3cccs3)n(-c3cccc(F)c3)n2)c(C)c1. The molecule has 0 fully saturated rings. The van der Waals surface area contributed by atoms with Crippen LogP contribution in [0.15, 0.2) is 53.9 Å². The Morgan fingerprint density at radius 1 is 1.07 bits per heavy atom. The summed E-state index contributed by atoms with van der Waals surface area (Å²) >= 11 is 1.48. The molecule has 5 nitrogen and oxygen atoms in total. The van der Waals surface area contributed by atoms with Gasteiger partial charge in [0.05, 0.1) is 10.6 Å². The predicted molar refractivity (Wildman–Crippen MR) is 113 cm³/mol. The Morgan fingerprint density at radius 2 is 1.83 bits per heavy atom. The average molecular weight is 406 g/mol. The standard InChI is InChI=1S/C22H19FN4OS/c1-13-10-14(2)19(15(3)11-13)24-22(28)20-25-21(18-8-5-9-29-18)27(26-20)17-7-4-6-16(23)12-17/h4-12H,1-3H3,(H,24,28). The van der Waals surface area contributed by atoms with Crippen LogP contribution in [0.2, 0.25) is 0 Å². The Balaban J connectivity index is 1.75. The van der Waals surface area contributed by atoms with Gasteiger partial charge in [0.15, 0.2) is 5.82 Å². The van der Waals surface area contributed by atoms with E-state index < -0.39 is 5.91 Å². The highest BCUT2D eigenvalue weighted by atomic mass is 32.1. The highest BCUT2D eigenvalue weighted by Crippen LogP contribution is 2.27. The van der Waals surface area contributed by atoms with Crippen LogP contribution in [-0.4, -0.2) is 20.7 Å². The van der Waals surface area contributed by atoms with Gasteiger partial charge in [-0.1, -0.05) is 29.8 Å². The Morgan fingerprint density at radius 3 is 2.48 bits per heavy atom. The van der Waals surface area contributed by atoms with E-state index in [9.17, 15) is 9.18 Å². The minimum atomic E-state index is -0.409. The van der Waals surface area contributed by atoms with Gasteiger partial charge in [-0.2, -0.15) is 0 Å². The third kappa shape index (κ3) is 3.82. The molecule has 0 saturated heterocycles. The molecule has 7 heteroatoms. The molecule has 0 aliphatic rings. The van der Waals surface area contributed by atoms with Crippen LogP contribution in [-0.2, 0) is 0 Å². The molecule has 0 spiro atoms. The number of anilines is 1. The van der Waals surface area contributed by atoms with Gasteiger partial charge in [0.1, 0.15) is 5.82 Å². The fourth-order valence-electron chi connectivity index (χ4n) is 3.31. The number of carbonyl (C=O) groups is 1. The summed E-state index contributed by atoms with van der Waals surface area (Å²) in [5.74, 6) is -0.273. The Bertz CT molecular complexity index is 1170. The van der Waals surface area contributed by atoms with Crippen LogP contribution >= 0.6 is 11.3 Å². The lowest BCUT2D eigenvalue weighted by Gasteiger charge is -2.11. The fraction of sp³-hybridized carbons (Fsp3) is 0.136. The first-order chi connectivity index (χ1) is 13.9. The first-order valence-corrected chi connectivity index (χ1v) is 9.96. The Labute approximate surface area is 171 Å². The lowest BCUT2D eigenvalue weighted by molar-refractivity contribution is 0.101. The summed E-state index contributed by atoms with van der Waals surface area (Å²) in [6.45, 7) is 5.91. The van der Waals surface area contributed by atoms with E-state index in [1.54, 1.807) is 12.1 Å². The van der Waals surface area contributed by atoms with E-state index >= 15 is 0 Å². The number of rotatable bonds is 4. The predicted octanol–water partition coefficient (Wildman–Crippen LogP) is 5.31. The number of benzene rings is 2. The van der Waals surface area contributed by atoms with Crippen molar-refractivity contribution in [1.29, 1.82) is 0 Å². The molecule has 2 heterocycles. The van der Waals surface area contributed by atoms with Gasteiger partial charge in [-0.25, -0.2) is 14.1 Å². The molecular formula is C22H19FN4OS. The number of carbonyl (C=O) groups excluding carboxylic acids is 1. The number of nitrogens with one attached hydrogen (secondary N) is 1. The lowest BCUT2D eigenvalue weighted by atomic mass is 10.1. The zero-order valence-electron chi connectivity index (χ0n) is 16.2. The second-order valence-electron chi connectivity index (χ2n) is 6.86. The molecule has 4 aromatic rings. The van der Waals surface area contributed by atoms with Crippen LogP contribution in [0.25, 0.3) is 16.4 Å². The largest absolute Gasteiger partial charge is 0.319 e. The molecule has 146 valence electrons. The van der Waals surface area contributed by atoms with E-state index in [1.165, 1.54) is 28.2 Å². The molecule has 2 aromatic carbocycles. The van der Waals surface area contributed by atoms with Crippen LogP contribution in [0.1, 0.15) is 27.3 Å². The van der Waals surface area contributed by atoms with Crippen molar-refractivity contribution in [3.8, 4) is 16.4 Å². The maximum Gasteiger partial charge on any atom is 0.295 e. The molecular weight excluding hydrogens is 387 g/mol. The average Bonchev–Trinajstić information content (AvgIpc) is 3.33. The van der Waals surface area contributed by atoms with Gasteiger partial charge in [0.25, 0.3) is 5.91 Å². The summed E-state index contributed by atoms with van der Waals surface area (Å²) in [6, 6.07) is 13.9. The minimum absolute atomic E-state index is 0.0250. The number of thiophene rings is 1. The van der Waals surface area contributed by atoms with E-state index in [0.29, 0.717) is 11.5 Å². The van der Waals surface area contributed by atoms with E-state index in [0.717, 1.165) is 27.3 Å². The number of nitrogens with zero attached hydrogens (tertiary/aromatic N) is 3. The van der Waals surface area contributed by atoms with Crippen LogP contribution in [0.3, 0.4) is 0 Å². The molecule has 0 saturated carbocycles. The number of aromatic nitrogens is 3. The monoisotopic (exact) mass is 406 g/mol. The van der Waals surface area contributed by atoms with Crippen LogP contribution in [0.5, 0.6) is 0 Å². The smallest absolute Gasteiger partial charge is 0.295 e. The first kappa shape index (κ1) is 19.0. The van der Waals surface area contributed by atoms with E-state index in [4.69, 9.17) is 0 Å². The second kappa shape index (κ2) is 7.60. The topological polar surface area (TPSA) is 59.8 Å². The van der Waals surface area contributed by atoms with Crippen LogP contribution in [0.4, 0.5) is 10.1 Å². The molecule has 0 radical (unpaired) electrons. The molecule has 1 amide bonds. The zero-order valence-corrected chi connectivity index (χ0v) is 17.0. The summed E-state index contributed by atoms with van der Waals surface area (Å²) < 4.78 is 15.3. The van der Waals surface area contributed by atoms with Crippen molar-refractivity contribution >= 4 is 22.9 Å². The third-order valence-electron chi connectivity index (χ3n) is 4.52. The molecule has 29 heavy (non-hydrogen) atoms. The van der Waals surface area contributed by atoms with Crippen molar-refractivity contribution < 1.29 is 9.18 Å². The van der Waals surface area contributed by atoms with Crippen LogP contribution in [0, 0.1) is 26.6 Å². The molecule has 0 aliphatic carbocycles. The van der Waals surface area contributed by atoms with E-state index in [-0.39, 0.29) is 11.6 Å². The first-order valence-electron chi connectivity index (χ1n) is 9.08. The van der Waals surface area contributed by atoms with Crippen molar-refractivity contribution in [1.82, 2.24) is 14.8 Å². The van der Waals surface area contributed by atoms with Gasteiger partial charge in [-0.3, -0.25) is 4.79 Å². The van der Waals surface area contributed by atoms with Crippen molar-refractivity contribution in [2.75, 3.05) is 5.32 Å². The van der Waals surface area contributed by atoms with Gasteiger partial charge >= 0.3 is 0 Å². The maximum atomic E-state index is 13.8. The minimum Gasteiger partial charge on any atom is -0.319 e. The summed E-state index contributed by atoms with van der Waals surface area (Å²) in [6.07, 6.45) is 0. The highest BCUT2D eigenvalue weighted by molar-refractivity contribution is 7.13. The quantitative estimate of drug-likeness (QED) is 0.499. The summed E-state index contributed by atoms with van der Waals surface area (Å²) in [4.78, 5) is 18.2. The number of amides is 1. The van der Waals surface area contributed by atoms with Gasteiger partial charge in [-0.05, 0) is 61.5 Å². The van der Waals surface area contributed by atoms with E-state index in [2.05, 4.69) is 15.4 Å². The molecule has 0 aliphatic heterocycles. The summed E-state index contributed by atoms with van der Waals surface area (Å²) in [7, 11) is 0. The van der Waals surface area contributed by atoms with Crippen molar-refractivity contribution in [3.05, 3.63) is 82.2 Å². The van der Waals surface area contributed by atoms with E-state index in [1.807, 2.05) is 50.4 Å². The van der Waals surface area contributed by atoms with Crippen molar-refractivity contribution in [2.45, 2.75) is 20.8 Å². The maximum absolute atomic E-state index is 13.8. The number of aryl methyl sites for hydroxylation is 3. The summed E-state index contributed by atoms with van der Waals surface area (Å²) in [5.41, 5.74) is 4.33. The molecule has 0 atom stereocenters. The Kier molecular flexibility index (Phi) is 4.98. The van der Waals surface area contributed by atoms with Gasteiger partial charge in [-0.15, -0.1) is 16.4 Å². The van der Waals surface area contributed by atoms with Gasteiger partial charge in [0, 0.05) is 5.69 Å². The van der Waals surface area contributed by atoms with Gasteiger partial charge < -0.3 is 5.32 Å². The Hall–Kier alpha value is -3.32. The number of halogens is 1. The fourth-order valence-corrected chi connectivity index (χ4v) is 4.01. The molecule has 2 aromatic heterocycles. The molecule has 4 rings (SSSR count). The van der Waals surface area contributed by atoms with Crippen molar-refractivity contribution in [2.24, 2.45) is 0 Å². The number of hydrogen-bond donors (Lipinski definition) is 1. The number of hydrogen-bond acceptors (Lipinski definition) is 4. The third-order valence-corrected chi connectivity index (χ3v) is 5.39. The zero-order chi connectivity index (χ0) is 20.5.